The SMILES string of the molecule is CC.COc1ccc(-c2csc(N)n2)cc1OC.N=Cc1cn(Cc2ccc(Cl)cc2Cl)c2ccccc12. The van der Waals surface area contributed by atoms with Gasteiger partial charge in [-0.3, -0.25) is 0 Å². The van der Waals surface area contributed by atoms with Crippen molar-refractivity contribution in [3.05, 3.63) is 93.4 Å². The van der Waals surface area contributed by atoms with Crippen LogP contribution in [0, 0.1) is 5.41 Å². The Labute approximate surface area is 237 Å². The molecule has 0 fully saturated rings. The summed E-state index contributed by atoms with van der Waals surface area (Å²) in [6, 6.07) is 19.2. The van der Waals surface area contributed by atoms with Crippen LogP contribution in [0.5, 0.6) is 11.5 Å². The van der Waals surface area contributed by atoms with Crippen LogP contribution >= 0.6 is 34.5 Å². The van der Waals surface area contributed by atoms with Crippen molar-refractivity contribution in [3.63, 3.8) is 0 Å². The lowest BCUT2D eigenvalue weighted by Gasteiger charge is -2.08. The van der Waals surface area contributed by atoms with Crippen molar-refractivity contribution in [1.82, 2.24) is 9.55 Å². The summed E-state index contributed by atoms with van der Waals surface area (Å²) in [4.78, 5) is 4.21. The molecule has 3 aromatic carbocycles. The summed E-state index contributed by atoms with van der Waals surface area (Å²) in [5, 5.41) is 12.4. The van der Waals surface area contributed by atoms with Crippen molar-refractivity contribution in [2.24, 2.45) is 0 Å². The summed E-state index contributed by atoms with van der Waals surface area (Å²) in [5.41, 5.74) is 10.4. The molecule has 198 valence electrons. The number of thiazole rings is 1. The fourth-order valence-electron chi connectivity index (χ4n) is 3.77. The fraction of sp³-hybridized carbons (Fsp3) is 0.172. The van der Waals surface area contributed by atoms with E-state index < -0.39 is 0 Å². The number of nitrogen functional groups attached to an aromatic ring is 1. The zero-order chi connectivity index (χ0) is 27.7. The summed E-state index contributed by atoms with van der Waals surface area (Å²) in [7, 11) is 3.22. The summed E-state index contributed by atoms with van der Waals surface area (Å²) >= 11 is 13.6. The van der Waals surface area contributed by atoms with E-state index in [-0.39, 0.29) is 0 Å². The zero-order valence-electron chi connectivity index (χ0n) is 21.7. The first kappa shape index (κ1) is 29.0. The van der Waals surface area contributed by atoms with Crippen LogP contribution in [0.3, 0.4) is 0 Å². The number of nitrogens with two attached hydrogens (primary N) is 1. The maximum Gasteiger partial charge on any atom is 0.180 e. The number of methoxy groups -OCH3 is 2. The van der Waals surface area contributed by atoms with Crippen molar-refractivity contribution < 1.29 is 9.47 Å². The minimum absolute atomic E-state index is 0.560. The fourth-order valence-corrected chi connectivity index (χ4v) is 4.81. The van der Waals surface area contributed by atoms with Crippen LogP contribution in [0.15, 0.2) is 72.2 Å². The maximum atomic E-state index is 7.51. The van der Waals surface area contributed by atoms with Crippen LogP contribution in [0.4, 0.5) is 5.13 Å². The number of hydrogen-bond acceptors (Lipinski definition) is 6. The van der Waals surface area contributed by atoms with Gasteiger partial charge in [0.05, 0.1) is 19.9 Å². The lowest BCUT2D eigenvalue weighted by molar-refractivity contribution is 0.355. The highest BCUT2D eigenvalue weighted by Gasteiger charge is 2.09. The first-order chi connectivity index (χ1) is 18.4. The van der Waals surface area contributed by atoms with E-state index in [1.165, 1.54) is 17.6 Å². The minimum atomic E-state index is 0.560. The van der Waals surface area contributed by atoms with Gasteiger partial charge >= 0.3 is 0 Å². The van der Waals surface area contributed by atoms with Gasteiger partial charge in [-0.1, -0.05) is 61.3 Å². The van der Waals surface area contributed by atoms with Gasteiger partial charge < -0.3 is 25.2 Å². The van der Waals surface area contributed by atoms with Crippen LogP contribution in [0.1, 0.15) is 25.0 Å². The third kappa shape index (κ3) is 6.86. The molecule has 0 bridgehead atoms. The topological polar surface area (TPSA) is 86.2 Å². The molecule has 0 atom stereocenters. The molecule has 2 aromatic heterocycles. The Morgan fingerprint density at radius 3 is 2.37 bits per heavy atom. The second kappa shape index (κ2) is 13.9. The number of aromatic nitrogens is 2. The van der Waals surface area contributed by atoms with E-state index in [1.54, 1.807) is 20.3 Å². The van der Waals surface area contributed by atoms with Crippen LogP contribution in [-0.2, 0) is 6.54 Å². The van der Waals surface area contributed by atoms with Crippen LogP contribution in [0.2, 0.25) is 10.0 Å². The molecule has 38 heavy (non-hydrogen) atoms. The highest BCUT2D eigenvalue weighted by atomic mass is 35.5. The molecule has 0 spiro atoms. The Balaban J connectivity index is 0.000000202. The Morgan fingerprint density at radius 2 is 1.74 bits per heavy atom. The van der Waals surface area contributed by atoms with Crippen LogP contribution in [-0.4, -0.2) is 30.0 Å². The largest absolute Gasteiger partial charge is 0.493 e. The third-order valence-electron chi connectivity index (χ3n) is 5.53. The predicted molar refractivity (Wildman–Crippen MR) is 162 cm³/mol. The average Bonchev–Trinajstić information content (AvgIpc) is 3.54. The third-order valence-corrected chi connectivity index (χ3v) is 6.79. The van der Waals surface area contributed by atoms with Gasteiger partial charge in [0, 0.05) is 56.4 Å². The zero-order valence-corrected chi connectivity index (χ0v) is 24.0. The van der Waals surface area contributed by atoms with E-state index in [4.69, 9.17) is 43.8 Å². The van der Waals surface area contributed by atoms with Crippen molar-refractivity contribution in [2.45, 2.75) is 20.4 Å². The molecule has 0 radical (unpaired) electrons. The number of nitrogens with one attached hydrogen (secondary N) is 1. The molecule has 5 aromatic rings. The molecule has 0 unspecified atom stereocenters. The van der Waals surface area contributed by atoms with E-state index in [0.29, 0.717) is 33.2 Å². The maximum absolute atomic E-state index is 7.51. The second-order valence-electron chi connectivity index (χ2n) is 7.75. The highest BCUT2D eigenvalue weighted by Crippen LogP contribution is 2.33. The minimum Gasteiger partial charge on any atom is -0.493 e. The van der Waals surface area contributed by atoms with Gasteiger partial charge in [0.15, 0.2) is 16.6 Å². The molecular weight excluding hydrogens is 539 g/mol. The number of nitrogens with zero attached hydrogens (tertiary/aromatic N) is 2. The van der Waals surface area contributed by atoms with E-state index in [9.17, 15) is 0 Å². The van der Waals surface area contributed by atoms with Gasteiger partial charge in [0.1, 0.15) is 0 Å². The Bertz CT molecular complexity index is 1510. The number of anilines is 1. The Hall–Kier alpha value is -3.52. The van der Waals surface area contributed by atoms with Crippen molar-refractivity contribution in [2.75, 3.05) is 20.0 Å². The molecule has 0 saturated carbocycles. The lowest BCUT2D eigenvalue weighted by atomic mass is 10.1. The van der Waals surface area contributed by atoms with E-state index in [1.807, 2.05) is 80.0 Å². The van der Waals surface area contributed by atoms with Gasteiger partial charge in [-0.25, -0.2) is 4.98 Å². The quantitative estimate of drug-likeness (QED) is 0.201. The molecule has 6 nitrogen and oxygen atoms in total. The molecule has 5 rings (SSSR count). The molecule has 0 aliphatic heterocycles. The number of benzene rings is 3. The number of halogens is 2. The van der Waals surface area contributed by atoms with Crippen LogP contribution in [0.25, 0.3) is 22.2 Å². The van der Waals surface area contributed by atoms with Gasteiger partial charge in [-0.2, -0.15) is 0 Å². The van der Waals surface area contributed by atoms with E-state index in [0.717, 1.165) is 33.3 Å². The first-order valence-corrected chi connectivity index (χ1v) is 13.5. The van der Waals surface area contributed by atoms with Gasteiger partial charge in [-0.15, -0.1) is 11.3 Å². The van der Waals surface area contributed by atoms with Crippen molar-refractivity contribution >= 4 is 56.8 Å². The Morgan fingerprint density at radius 1 is 1.00 bits per heavy atom. The number of hydrogen-bond donors (Lipinski definition) is 2. The second-order valence-corrected chi connectivity index (χ2v) is 9.48. The normalized spacial score (nSPS) is 10.2. The Kier molecular flexibility index (Phi) is 10.6. The first-order valence-electron chi connectivity index (χ1n) is 11.9. The number of para-hydroxylation sites is 1. The van der Waals surface area contributed by atoms with E-state index >= 15 is 0 Å². The average molecular weight is 570 g/mol. The molecule has 3 N–H and O–H groups in total. The monoisotopic (exact) mass is 568 g/mol. The van der Waals surface area contributed by atoms with Crippen molar-refractivity contribution in [1.29, 1.82) is 5.41 Å². The number of fused-ring (bicyclic) bond motifs is 1. The molecule has 0 aliphatic carbocycles. The molecule has 0 aliphatic rings. The van der Waals surface area contributed by atoms with E-state index in [2.05, 4.69) is 9.55 Å². The summed E-state index contributed by atoms with van der Waals surface area (Å²) in [6.45, 7) is 4.66. The number of rotatable bonds is 6. The molecule has 2 heterocycles. The highest BCUT2D eigenvalue weighted by molar-refractivity contribution is 7.13. The molecule has 9 heteroatoms. The van der Waals surface area contributed by atoms with Gasteiger partial charge in [0.2, 0.25) is 0 Å². The number of ether oxygens (including phenoxy) is 2. The van der Waals surface area contributed by atoms with Gasteiger partial charge in [0.25, 0.3) is 0 Å². The molecule has 0 saturated heterocycles. The molecule has 0 amide bonds. The smallest absolute Gasteiger partial charge is 0.180 e. The standard InChI is InChI=1S/C16H12Cl2N2.C11H12N2O2S.C2H6/c17-13-6-5-11(15(18)7-13)9-20-10-12(8-19)14-3-1-2-4-16(14)20;1-14-9-4-3-7(5-10(9)15-2)8-6-16-11(12)13-8;1-2/h1-8,10,19H,9H2;3-6H,1-2H3,(H2,12,13);1-2H3. The summed E-state index contributed by atoms with van der Waals surface area (Å²) in [6.07, 6.45) is 3.35. The summed E-state index contributed by atoms with van der Waals surface area (Å²) in [5.74, 6) is 1.39. The predicted octanol–water partition coefficient (Wildman–Crippen LogP) is 8.43. The van der Waals surface area contributed by atoms with Crippen molar-refractivity contribution in [3.8, 4) is 22.8 Å². The molecular formula is C29H30Cl2N4O2S. The lowest BCUT2D eigenvalue weighted by Crippen LogP contribution is -1.98. The van der Waals surface area contributed by atoms with Crippen LogP contribution < -0.4 is 15.2 Å². The van der Waals surface area contributed by atoms with Gasteiger partial charge in [-0.05, 0) is 42.0 Å². The summed E-state index contributed by atoms with van der Waals surface area (Å²) < 4.78 is 12.5.